The number of aromatic nitrogens is 1. The van der Waals surface area contributed by atoms with Gasteiger partial charge in [-0.1, -0.05) is 6.92 Å². The number of rotatable bonds is 6. The Balaban J connectivity index is 1.51. The zero-order valence-electron chi connectivity index (χ0n) is 15.0. The zero-order chi connectivity index (χ0) is 16.9. The van der Waals surface area contributed by atoms with E-state index in [1.54, 1.807) is 11.3 Å². The van der Waals surface area contributed by atoms with Gasteiger partial charge in [0.15, 0.2) is 0 Å². The molecule has 1 atom stereocenters. The average Bonchev–Trinajstić information content (AvgIpc) is 3.25. The Hall–Kier alpha value is -0.980. The Morgan fingerprint density at radius 1 is 1.42 bits per heavy atom. The minimum atomic E-state index is 0.213. The summed E-state index contributed by atoms with van der Waals surface area (Å²) >= 11 is 1.72. The first-order valence-corrected chi connectivity index (χ1v) is 10.2. The molecule has 0 bridgehead atoms. The fourth-order valence-electron chi connectivity index (χ4n) is 3.90. The maximum absolute atomic E-state index is 13.0. The number of likely N-dealkylation sites (tertiary alicyclic amines) is 1. The number of carbonyl (C=O) groups is 1. The minimum absolute atomic E-state index is 0.213. The second-order valence-electron chi connectivity index (χ2n) is 7.09. The Bertz CT molecular complexity index is 533. The standard InChI is InChI=1S/C18H30N4OS/c1-3-8-22(17-4-7-19-11-17)18(23)15-5-9-21(10-6-15)12-16-13-24-14(2)20-16/h13,15,17,19H,3-12H2,1-2H3. The smallest absolute Gasteiger partial charge is 0.226 e. The van der Waals surface area contributed by atoms with E-state index in [9.17, 15) is 4.79 Å². The molecule has 2 aliphatic rings. The lowest BCUT2D eigenvalue weighted by atomic mass is 9.94. The Kier molecular flexibility index (Phi) is 6.25. The van der Waals surface area contributed by atoms with Crippen LogP contribution in [0.15, 0.2) is 5.38 Å². The number of amides is 1. The summed E-state index contributed by atoms with van der Waals surface area (Å²) in [5, 5.41) is 6.69. The normalized spacial score (nSPS) is 22.8. The number of hydrogen-bond acceptors (Lipinski definition) is 5. The van der Waals surface area contributed by atoms with Crippen molar-refractivity contribution in [1.82, 2.24) is 20.1 Å². The Morgan fingerprint density at radius 3 is 2.79 bits per heavy atom. The summed E-state index contributed by atoms with van der Waals surface area (Å²) in [5.41, 5.74) is 1.17. The van der Waals surface area contributed by atoms with E-state index in [4.69, 9.17) is 0 Å². The zero-order valence-corrected chi connectivity index (χ0v) is 15.8. The van der Waals surface area contributed by atoms with E-state index in [1.165, 1.54) is 5.69 Å². The van der Waals surface area contributed by atoms with Gasteiger partial charge in [0, 0.05) is 37.0 Å². The number of thiazole rings is 1. The lowest BCUT2D eigenvalue weighted by Crippen LogP contribution is -2.47. The van der Waals surface area contributed by atoms with Crippen molar-refractivity contribution < 1.29 is 4.79 Å². The highest BCUT2D eigenvalue weighted by Crippen LogP contribution is 2.23. The highest BCUT2D eigenvalue weighted by atomic mass is 32.1. The molecule has 1 amide bonds. The van der Waals surface area contributed by atoms with Crippen molar-refractivity contribution in [3.63, 3.8) is 0 Å². The van der Waals surface area contributed by atoms with Crippen LogP contribution >= 0.6 is 11.3 Å². The summed E-state index contributed by atoms with van der Waals surface area (Å²) in [4.78, 5) is 22.2. The molecule has 0 aliphatic carbocycles. The molecule has 2 fully saturated rings. The maximum Gasteiger partial charge on any atom is 0.226 e. The molecule has 2 aliphatic heterocycles. The summed E-state index contributed by atoms with van der Waals surface area (Å²) in [6.45, 7) is 10.1. The van der Waals surface area contributed by atoms with Crippen molar-refractivity contribution in [2.75, 3.05) is 32.7 Å². The molecule has 2 saturated heterocycles. The number of carbonyl (C=O) groups excluding carboxylic acids is 1. The van der Waals surface area contributed by atoms with Gasteiger partial charge in [-0.25, -0.2) is 4.98 Å². The van der Waals surface area contributed by atoms with Gasteiger partial charge in [-0.2, -0.15) is 0 Å². The second-order valence-corrected chi connectivity index (χ2v) is 8.15. The van der Waals surface area contributed by atoms with Crippen molar-refractivity contribution >= 4 is 17.2 Å². The van der Waals surface area contributed by atoms with E-state index in [0.29, 0.717) is 11.9 Å². The Morgan fingerprint density at radius 2 is 2.21 bits per heavy atom. The summed E-state index contributed by atoms with van der Waals surface area (Å²) in [6.07, 6.45) is 4.13. The van der Waals surface area contributed by atoms with Crippen LogP contribution in [-0.4, -0.2) is 59.5 Å². The van der Waals surface area contributed by atoms with Crippen LogP contribution in [0.3, 0.4) is 0 Å². The molecule has 3 rings (SSSR count). The molecular weight excluding hydrogens is 320 g/mol. The van der Waals surface area contributed by atoms with E-state index in [2.05, 4.69) is 39.3 Å². The van der Waals surface area contributed by atoms with Crippen LogP contribution in [0.1, 0.15) is 43.3 Å². The van der Waals surface area contributed by atoms with Crippen LogP contribution in [0.25, 0.3) is 0 Å². The molecule has 5 nitrogen and oxygen atoms in total. The van der Waals surface area contributed by atoms with E-state index in [0.717, 1.165) is 70.0 Å². The van der Waals surface area contributed by atoms with E-state index >= 15 is 0 Å². The first kappa shape index (κ1) is 17.8. The van der Waals surface area contributed by atoms with Crippen molar-refractivity contribution in [3.8, 4) is 0 Å². The molecule has 134 valence electrons. The van der Waals surface area contributed by atoms with E-state index in [-0.39, 0.29) is 5.92 Å². The third-order valence-electron chi connectivity index (χ3n) is 5.21. The quantitative estimate of drug-likeness (QED) is 0.855. The van der Waals surface area contributed by atoms with Gasteiger partial charge in [0.25, 0.3) is 0 Å². The molecule has 1 aromatic heterocycles. The summed E-state index contributed by atoms with van der Waals surface area (Å²) in [7, 11) is 0. The highest BCUT2D eigenvalue weighted by molar-refractivity contribution is 7.09. The molecule has 1 N–H and O–H groups in total. The molecular formula is C18H30N4OS. The molecule has 1 unspecified atom stereocenters. The van der Waals surface area contributed by atoms with E-state index < -0.39 is 0 Å². The third-order valence-corrected chi connectivity index (χ3v) is 6.03. The first-order valence-electron chi connectivity index (χ1n) is 9.32. The lowest BCUT2D eigenvalue weighted by molar-refractivity contribution is -0.139. The predicted molar refractivity (Wildman–Crippen MR) is 98.1 cm³/mol. The van der Waals surface area contributed by atoms with Gasteiger partial charge in [0.2, 0.25) is 5.91 Å². The van der Waals surface area contributed by atoms with Gasteiger partial charge in [-0.05, 0) is 52.2 Å². The fraction of sp³-hybridized carbons (Fsp3) is 0.778. The van der Waals surface area contributed by atoms with Crippen molar-refractivity contribution in [2.45, 2.75) is 52.1 Å². The van der Waals surface area contributed by atoms with Crippen molar-refractivity contribution in [3.05, 3.63) is 16.1 Å². The van der Waals surface area contributed by atoms with Gasteiger partial charge in [0.05, 0.1) is 10.7 Å². The molecule has 0 radical (unpaired) electrons. The van der Waals surface area contributed by atoms with Crippen LogP contribution in [0.4, 0.5) is 0 Å². The van der Waals surface area contributed by atoms with Crippen LogP contribution in [-0.2, 0) is 11.3 Å². The largest absolute Gasteiger partial charge is 0.338 e. The molecule has 6 heteroatoms. The van der Waals surface area contributed by atoms with Crippen LogP contribution < -0.4 is 5.32 Å². The fourth-order valence-corrected chi connectivity index (χ4v) is 4.51. The average molecular weight is 351 g/mol. The summed E-state index contributed by atoms with van der Waals surface area (Å²) < 4.78 is 0. The molecule has 0 aromatic carbocycles. The monoisotopic (exact) mass is 350 g/mol. The number of nitrogens with zero attached hydrogens (tertiary/aromatic N) is 3. The molecule has 1 aromatic rings. The molecule has 0 spiro atoms. The number of hydrogen-bond donors (Lipinski definition) is 1. The van der Waals surface area contributed by atoms with Crippen LogP contribution in [0.2, 0.25) is 0 Å². The lowest BCUT2D eigenvalue weighted by Gasteiger charge is -2.36. The van der Waals surface area contributed by atoms with Gasteiger partial charge >= 0.3 is 0 Å². The van der Waals surface area contributed by atoms with E-state index in [1.807, 2.05) is 0 Å². The molecule has 0 saturated carbocycles. The molecule has 24 heavy (non-hydrogen) atoms. The first-order chi connectivity index (χ1) is 11.7. The van der Waals surface area contributed by atoms with Gasteiger partial charge < -0.3 is 10.2 Å². The predicted octanol–water partition coefficient (Wildman–Crippen LogP) is 2.26. The van der Waals surface area contributed by atoms with Gasteiger partial charge in [0.1, 0.15) is 0 Å². The highest BCUT2D eigenvalue weighted by Gasteiger charge is 2.32. The number of aryl methyl sites for hydroxylation is 1. The molecule has 3 heterocycles. The number of nitrogens with one attached hydrogen (secondary N) is 1. The van der Waals surface area contributed by atoms with Gasteiger partial charge in [-0.3, -0.25) is 9.69 Å². The Labute approximate surface area is 149 Å². The van der Waals surface area contributed by atoms with Crippen molar-refractivity contribution in [2.24, 2.45) is 5.92 Å². The van der Waals surface area contributed by atoms with Crippen LogP contribution in [0.5, 0.6) is 0 Å². The SMILES string of the molecule is CCCN(C(=O)C1CCN(Cc2csc(C)n2)CC1)C1CCNC1. The maximum atomic E-state index is 13.0. The topological polar surface area (TPSA) is 48.5 Å². The third kappa shape index (κ3) is 4.35. The van der Waals surface area contributed by atoms with Crippen LogP contribution in [0, 0.1) is 12.8 Å². The summed E-state index contributed by atoms with van der Waals surface area (Å²) in [6, 6.07) is 0.411. The van der Waals surface area contributed by atoms with Gasteiger partial charge in [-0.15, -0.1) is 11.3 Å². The minimum Gasteiger partial charge on any atom is -0.338 e. The number of piperidine rings is 1. The second kappa shape index (κ2) is 8.41. The van der Waals surface area contributed by atoms with Crippen molar-refractivity contribution in [1.29, 1.82) is 0 Å². The summed E-state index contributed by atoms with van der Waals surface area (Å²) in [5.74, 6) is 0.611.